The van der Waals surface area contributed by atoms with Crippen molar-refractivity contribution in [1.29, 1.82) is 0 Å². The van der Waals surface area contributed by atoms with E-state index in [1.807, 2.05) is 42.2 Å². The molecule has 0 radical (unpaired) electrons. The van der Waals surface area contributed by atoms with Gasteiger partial charge in [0, 0.05) is 32.6 Å². The average molecular weight is 343 g/mol. The Morgan fingerprint density at radius 3 is 2.84 bits per heavy atom. The normalized spacial score (nSPS) is 19.1. The first-order valence-corrected chi connectivity index (χ1v) is 8.67. The summed E-state index contributed by atoms with van der Waals surface area (Å²) in [7, 11) is 0. The first kappa shape index (κ1) is 17.6. The van der Waals surface area contributed by atoms with Gasteiger partial charge >= 0.3 is 0 Å². The predicted octanol–water partition coefficient (Wildman–Crippen LogP) is 2.14. The third-order valence-corrected chi connectivity index (χ3v) is 4.68. The molecule has 1 aliphatic rings. The molecule has 6 nitrogen and oxygen atoms in total. The van der Waals surface area contributed by atoms with E-state index >= 15 is 0 Å². The number of amides is 1. The van der Waals surface area contributed by atoms with Crippen molar-refractivity contribution < 1.29 is 14.3 Å². The largest absolute Gasteiger partial charge is 0.444 e. The molecule has 3 rings (SSSR count). The number of aliphatic hydroxyl groups is 1. The number of likely N-dealkylation sites (tertiary alicyclic amines) is 1. The quantitative estimate of drug-likeness (QED) is 0.870. The number of carbonyl (C=O) groups excluding carboxylic acids is 1. The minimum absolute atomic E-state index is 0.0197. The number of benzene rings is 1. The van der Waals surface area contributed by atoms with Gasteiger partial charge in [-0.2, -0.15) is 0 Å². The van der Waals surface area contributed by atoms with E-state index in [-0.39, 0.29) is 11.9 Å². The number of carbonyl (C=O) groups is 1. The summed E-state index contributed by atoms with van der Waals surface area (Å²) in [4.78, 5) is 20.3. The topological polar surface area (TPSA) is 69.8 Å². The second kappa shape index (κ2) is 7.80. The standard InChI is InChI=1S/C19H25N3O3/c1-14-10-20-19(25-14)13-22(15(2)23)17-8-9-21(11-17)12-18(24)16-6-4-3-5-7-16/h3-7,10,17-18,24H,8-9,11-13H2,1-2H3/t17-,18-/m1/s1. The van der Waals surface area contributed by atoms with Crippen LogP contribution in [0.25, 0.3) is 0 Å². The molecule has 6 heteroatoms. The Morgan fingerprint density at radius 1 is 1.44 bits per heavy atom. The van der Waals surface area contributed by atoms with Crippen LogP contribution in [0.15, 0.2) is 40.9 Å². The van der Waals surface area contributed by atoms with Gasteiger partial charge in [-0.25, -0.2) is 4.98 Å². The maximum Gasteiger partial charge on any atom is 0.220 e. The highest BCUT2D eigenvalue weighted by Gasteiger charge is 2.31. The second-order valence-electron chi connectivity index (χ2n) is 6.64. The van der Waals surface area contributed by atoms with Crippen LogP contribution in [-0.2, 0) is 11.3 Å². The SMILES string of the molecule is CC(=O)N(Cc1ncc(C)o1)[C@@H]1CCN(C[C@@H](O)c2ccccc2)C1. The minimum atomic E-state index is -0.514. The van der Waals surface area contributed by atoms with Crippen molar-refractivity contribution in [2.24, 2.45) is 0 Å². The first-order chi connectivity index (χ1) is 12.0. The Balaban J connectivity index is 1.59. The maximum atomic E-state index is 12.1. The van der Waals surface area contributed by atoms with Crippen molar-refractivity contribution in [3.05, 3.63) is 53.7 Å². The number of hydrogen-bond acceptors (Lipinski definition) is 5. The molecule has 1 aromatic carbocycles. The van der Waals surface area contributed by atoms with E-state index in [1.165, 1.54) is 0 Å². The van der Waals surface area contributed by atoms with Crippen LogP contribution in [-0.4, -0.2) is 51.5 Å². The molecule has 2 aromatic rings. The molecule has 134 valence electrons. The minimum Gasteiger partial charge on any atom is -0.444 e. The van der Waals surface area contributed by atoms with E-state index < -0.39 is 6.10 Å². The summed E-state index contributed by atoms with van der Waals surface area (Å²) >= 11 is 0. The monoisotopic (exact) mass is 343 g/mol. The van der Waals surface area contributed by atoms with Gasteiger partial charge in [0.15, 0.2) is 0 Å². The van der Waals surface area contributed by atoms with Crippen LogP contribution in [0, 0.1) is 6.92 Å². The van der Waals surface area contributed by atoms with Crippen LogP contribution in [0.3, 0.4) is 0 Å². The summed E-state index contributed by atoms with van der Waals surface area (Å²) in [6.45, 7) is 6.01. The summed E-state index contributed by atoms with van der Waals surface area (Å²) in [5.74, 6) is 1.33. The van der Waals surface area contributed by atoms with Gasteiger partial charge in [0.2, 0.25) is 11.8 Å². The summed E-state index contributed by atoms with van der Waals surface area (Å²) < 4.78 is 5.51. The van der Waals surface area contributed by atoms with Crippen molar-refractivity contribution in [2.75, 3.05) is 19.6 Å². The highest BCUT2D eigenvalue weighted by Crippen LogP contribution is 2.22. The zero-order chi connectivity index (χ0) is 17.8. The van der Waals surface area contributed by atoms with Crippen LogP contribution in [0.5, 0.6) is 0 Å². The number of aliphatic hydroxyl groups excluding tert-OH is 1. The fraction of sp³-hybridized carbons (Fsp3) is 0.474. The molecule has 2 heterocycles. The zero-order valence-corrected chi connectivity index (χ0v) is 14.8. The number of hydrogen-bond donors (Lipinski definition) is 1. The number of aryl methyl sites for hydroxylation is 1. The number of β-amino-alcohol motifs (C(OH)–C–C–N with tert-alkyl or cyclic N) is 1. The Bertz CT molecular complexity index is 701. The van der Waals surface area contributed by atoms with E-state index in [0.717, 1.165) is 30.8 Å². The fourth-order valence-electron chi connectivity index (χ4n) is 3.38. The molecule has 0 unspecified atom stereocenters. The lowest BCUT2D eigenvalue weighted by Gasteiger charge is -2.27. The van der Waals surface area contributed by atoms with Crippen LogP contribution in [0.4, 0.5) is 0 Å². The van der Waals surface area contributed by atoms with Crippen molar-refractivity contribution in [2.45, 2.75) is 39.0 Å². The fourth-order valence-corrected chi connectivity index (χ4v) is 3.38. The molecule has 0 saturated carbocycles. The highest BCUT2D eigenvalue weighted by molar-refractivity contribution is 5.73. The van der Waals surface area contributed by atoms with Gasteiger partial charge in [-0.3, -0.25) is 9.69 Å². The Kier molecular flexibility index (Phi) is 5.50. The van der Waals surface area contributed by atoms with Gasteiger partial charge in [-0.15, -0.1) is 0 Å². The predicted molar refractivity (Wildman–Crippen MR) is 93.7 cm³/mol. The summed E-state index contributed by atoms with van der Waals surface area (Å²) in [5, 5.41) is 10.4. The Labute approximate surface area is 148 Å². The van der Waals surface area contributed by atoms with Gasteiger partial charge in [-0.05, 0) is 18.9 Å². The van der Waals surface area contributed by atoms with E-state index in [2.05, 4.69) is 9.88 Å². The van der Waals surface area contributed by atoms with E-state index in [1.54, 1.807) is 13.1 Å². The van der Waals surface area contributed by atoms with Gasteiger partial charge < -0.3 is 14.4 Å². The number of rotatable bonds is 6. The number of oxazole rings is 1. The number of nitrogens with zero attached hydrogens (tertiary/aromatic N) is 3. The van der Waals surface area contributed by atoms with Gasteiger partial charge in [0.05, 0.1) is 18.8 Å². The molecule has 1 N–H and O–H groups in total. The van der Waals surface area contributed by atoms with E-state index in [0.29, 0.717) is 19.0 Å². The van der Waals surface area contributed by atoms with E-state index in [9.17, 15) is 9.90 Å². The lowest BCUT2D eigenvalue weighted by Crippen LogP contribution is -2.40. The van der Waals surface area contributed by atoms with E-state index in [4.69, 9.17) is 4.42 Å². The lowest BCUT2D eigenvalue weighted by atomic mass is 10.1. The third kappa shape index (κ3) is 4.46. The van der Waals surface area contributed by atoms with Crippen molar-refractivity contribution in [3.8, 4) is 0 Å². The maximum absolute atomic E-state index is 12.1. The molecular weight excluding hydrogens is 318 g/mol. The lowest BCUT2D eigenvalue weighted by molar-refractivity contribution is -0.132. The molecule has 0 bridgehead atoms. The third-order valence-electron chi connectivity index (χ3n) is 4.68. The van der Waals surface area contributed by atoms with Crippen LogP contribution in [0.1, 0.15) is 36.7 Å². The van der Waals surface area contributed by atoms with Gasteiger partial charge in [0.25, 0.3) is 0 Å². The molecule has 2 atom stereocenters. The van der Waals surface area contributed by atoms with Crippen molar-refractivity contribution in [3.63, 3.8) is 0 Å². The van der Waals surface area contributed by atoms with Gasteiger partial charge in [0.1, 0.15) is 5.76 Å². The summed E-state index contributed by atoms with van der Waals surface area (Å²) in [6, 6.07) is 9.79. The highest BCUT2D eigenvalue weighted by atomic mass is 16.4. The van der Waals surface area contributed by atoms with Crippen LogP contribution >= 0.6 is 0 Å². The molecule has 25 heavy (non-hydrogen) atoms. The van der Waals surface area contributed by atoms with Gasteiger partial charge in [-0.1, -0.05) is 30.3 Å². The molecule has 1 aliphatic heterocycles. The van der Waals surface area contributed by atoms with Crippen molar-refractivity contribution >= 4 is 5.91 Å². The molecule has 1 fully saturated rings. The van der Waals surface area contributed by atoms with Crippen LogP contribution < -0.4 is 0 Å². The Hall–Kier alpha value is -2.18. The Morgan fingerprint density at radius 2 is 2.20 bits per heavy atom. The molecule has 1 aromatic heterocycles. The first-order valence-electron chi connectivity index (χ1n) is 8.67. The molecule has 1 saturated heterocycles. The molecule has 1 amide bonds. The smallest absolute Gasteiger partial charge is 0.220 e. The summed E-state index contributed by atoms with van der Waals surface area (Å²) in [6.07, 6.45) is 2.05. The average Bonchev–Trinajstić information content (AvgIpc) is 3.22. The second-order valence-corrected chi connectivity index (χ2v) is 6.64. The van der Waals surface area contributed by atoms with Crippen LogP contribution in [0.2, 0.25) is 0 Å². The summed E-state index contributed by atoms with van der Waals surface area (Å²) in [5.41, 5.74) is 0.921. The molecular formula is C19H25N3O3. The van der Waals surface area contributed by atoms with Crippen molar-refractivity contribution in [1.82, 2.24) is 14.8 Å². The molecule has 0 spiro atoms. The number of aromatic nitrogens is 1. The zero-order valence-electron chi connectivity index (χ0n) is 14.8. The molecule has 0 aliphatic carbocycles.